The van der Waals surface area contributed by atoms with Crippen molar-refractivity contribution in [3.63, 3.8) is 0 Å². The Morgan fingerprint density at radius 1 is 0.816 bits per heavy atom. The average Bonchev–Trinajstić information content (AvgIpc) is 2.92. The maximum Gasteiger partial charge on any atom is 0.309 e. The van der Waals surface area contributed by atoms with E-state index in [0.717, 1.165) is 38.8 Å². The van der Waals surface area contributed by atoms with E-state index in [1.54, 1.807) is 6.07 Å². The lowest BCUT2D eigenvalue weighted by atomic mass is 9.84. The van der Waals surface area contributed by atoms with Gasteiger partial charge < -0.3 is 15.0 Å². The van der Waals surface area contributed by atoms with Gasteiger partial charge in [-0.25, -0.2) is 0 Å². The summed E-state index contributed by atoms with van der Waals surface area (Å²) < 4.78 is 4.74. The average molecular weight is 543 g/mol. The van der Waals surface area contributed by atoms with Crippen molar-refractivity contribution in [1.29, 1.82) is 0 Å². The standard InChI is InChI=1S/C31H24Cl2N2O3/c1-38-30(37)16-19-2-13-25(14-3-19)34-28-18-29(36)35-27-15-8-22(17-26(27)28)31(20-4-9-23(32)10-5-20)21-6-11-24(33)12-7-21/h2-15,17-18,31H,16H2,1H3,(H2,34,35,36). The number of aromatic nitrogens is 1. The van der Waals surface area contributed by atoms with Crippen molar-refractivity contribution in [2.75, 3.05) is 12.4 Å². The molecule has 0 aliphatic rings. The van der Waals surface area contributed by atoms with Gasteiger partial charge >= 0.3 is 5.97 Å². The first-order chi connectivity index (χ1) is 18.4. The Bertz CT molecular complexity index is 1600. The highest BCUT2D eigenvalue weighted by molar-refractivity contribution is 6.30. The zero-order chi connectivity index (χ0) is 26.6. The zero-order valence-corrected chi connectivity index (χ0v) is 22.0. The molecule has 0 unspecified atom stereocenters. The molecule has 5 nitrogen and oxygen atoms in total. The molecule has 38 heavy (non-hydrogen) atoms. The Hall–Kier alpha value is -4.06. The van der Waals surface area contributed by atoms with Crippen molar-refractivity contribution >= 4 is 51.4 Å². The number of halogens is 2. The SMILES string of the molecule is COC(=O)Cc1ccc(Nc2cc(=O)[nH]c3ccc(C(c4ccc(Cl)cc4)c4ccc(Cl)cc4)cc23)cc1. The minimum Gasteiger partial charge on any atom is -0.469 e. The van der Waals surface area contributed by atoms with Gasteiger partial charge in [-0.1, -0.05) is 65.7 Å². The van der Waals surface area contributed by atoms with E-state index in [9.17, 15) is 9.59 Å². The number of H-pyrrole nitrogens is 1. The van der Waals surface area contributed by atoms with Crippen LogP contribution in [0.5, 0.6) is 0 Å². The monoisotopic (exact) mass is 542 g/mol. The molecule has 1 aromatic heterocycles. The molecule has 190 valence electrons. The third kappa shape index (κ3) is 5.75. The zero-order valence-electron chi connectivity index (χ0n) is 20.5. The summed E-state index contributed by atoms with van der Waals surface area (Å²) >= 11 is 12.4. The first kappa shape index (κ1) is 25.6. The van der Waals surface area contributed by atoms with Gasteiger partial charge in [0.2, 0.25) is 5.56 Å². The molecule has 0 radical (unpaired) electrons. The maximum absolute atomic E-state index is 12.5. The van der Waals surface area contributed by atoms with E-state index in [4.69, 9.17) is 27.9 Å². The molecule has 2 N–H and O–H groups in total. The lowest BCUT2D eigenvalue weighted by molar-refractivity contribution is -0.139. The minimum atomic E-state index is -0.297. The van der Waals surface area contributed by atoms with Gasteiger partial charge in [0.05, 0.1) is 24.7 Å². The van der Waals surface area contributed by atoms with E-state index in [-0.39, 0.29) is 23.9 Å². The highest BCUT2D eigenvalue weighted by Gasteiger charge is 2.18. The molecule has 0 fully saturated rings. The largest absolute Gasteiger partial charge is 0.469 e. The van der Waals surface area contributed by atoms with Crippen LogP contribution in [-0.2, 0) is 16.0 Å². The van der Waals surface area contributed by atoms with Gasteiger partial charge in [0, 0.05) is 33.1 Å². The van der Waals surface area contributed by atoms with Gasteiger partial charge in [0.25, 0.3) is 0 Å². The number of anilines is 2. The number of benzene rings is 4. The first-order valence-corrected chi connectivity index (χ1v) is 12.8. The molecule has 0 aliphatic heterocycles. The fourth-order valence-corrected chi connectivity index (χ4v) is 4.79. The first-order valence-electron chi connectivity index (χ1n) is 12.0. The quantitative estimate of drug-likeness (QED) is 0.165. The summed E-state index contributed by atoms with van der Waals surface area (Å²) in [4.78, 5) is 27.0. The predicted octanol–water partition coefficient (Wildman–Crippen LogP) is 7.47. The molecular weight excluding hydrogens is 519 g/mol. The second-order valence-electron chi connectivity index (χ2n) is 8.96. The number of aromatic amines is 1. The van der Waals surface area contributed by atoms with Gasteiger partial charge in [-0.05, 0) is 70.8 Å². The van der Waals surface area contributed by atoms with Crippen LogP contribution in [-0.4, -0.2) is 18.1 Å². The van der Waals surface area contributed by atoms with E-state index in [2.05, 4.69) is 16.4 Å². The molecule has 1 heterocycles. The van der Waals surface area contributed by atoms with E-state index < -0.39 is 0 Å². The van der Waals surface area contributed by atoms with Gasteiger partial charge in [-0.15, -0.1) is 0 Å². The number of hydrogen-bond acceptors (Lipinski definition) is 4. The molecule has 0 atom stereocenters. The number of fused-ring (bicyclic) bond motifs is 1. The molecule has 0 aliphatic carbocycles. The Morgan fingerprint density at radius 3 is 1.97 bits per heavy atom. The molecule has 5 aromatic rings. The van der Waals surface area contributed by atoms with Gasteiger partial charge in [0.15, 0.2) is 0 Å². The van der Waals surface area contributed by atoms with E-state index in [0.29, 0.717) is 15.7 Å². The number of esters is 1. The highest BCUT2D eigenvalue weighted by Crippen LogP contribution is 2.36. The maximum atomic E-state index is 12.5. The molecular formula is C31H24Cl2N2O3. The van der Waals surface area contributed by atoms with Crippen molar-refractivity contribution in [2.45, 2.75) is 12.3 Å². The molecule has 4 aromatic carbocycles. The summed E-state index contributed by atoms with van der Waals surface area (Å²) in [6.07, 6.45) is 0.199. The lowest BCUT2D eigenvalue weighted by Gasteiger charge is -2.20. The molecule has 0 amide bonds. The van der Waals surface area contributed by atoms with Crippen LogP contribution in [0, 0.1) is 0 Å². The summed E-state index contributed by atoms with van der Waals surface area (Å²) in [5.74, 6) is -0.374. The Morgan fingerprint density at radius 2 is 1.39 bits per heavy atom. The van der Waals surface area contributed by atoms with Crippen LogP contribution < -0.4 is 10.9 Å². The molecule has 0 saturated carbocycles. The van der Waals surface area contributed by atoms with Crippen molar-refractivity contribution in [1.82, 2.24) is 4.98 Å². The summed E-state index contributed by atoms with van der Waals surface area (Å²) in [7, 11) is 1.37. The topological polar surface area (TPSA) is 71.2 Å². The van der Waals surface area contributed by atoms with E-state index in [1.165, 1.54) is 7.11 Å². The van der Waals surface area contributed by atoms with Crippen LogP contribution in [0.4, 0.5) is 11.4 Å². The summed E-state index contributed by atoms with van der Waals surface area (Å²) in [5, 5.41) is 5.58. The predicted molar refractivity (Wildman–Crippen MR) is 154 cm³/mol. The van der Waals surface area contributed by atoms with Crippen molar-refractivity contribution < 1.29 is 9.53 Å². The van der Waals surface area contributed by atoms with Gasteiger partial charge in [-0.2, -0.15) is 0 Å². The normalized spacial score (nSPS) is 11.1. The van der Waals surface area contributed by atoms with Crippen molar-refractivity contribution in [3.05, 3.63) is 140 Å². The van der Waals surface area contributed by atoms with Crippen LogP contribution in [0.3, 0.4) is 0 Å². The van der Waals surface area contributed by atoms with Crippen LogP contribution >= 0.6 is 23.2 Å². The number of ether oxygens (including phenoxy) is 1. The lowest BCUT2D eigenvalue weighted by Crippen LogP contribution is -2.08. The molecule has 5 rings (SSSR count). The number of rotatable bonds is 7. The summed E-state index contributed by atoms with van der Waals surface area (Å²) in [6, 6.07) is 30.7. The van der Waals surface area contributed by atoms with Crippen molar-refractivity contribution in [2.24, 2.45) is 0 Å². The molecule has 0 spiro atoms. The van der Waals surface area contributed by atoms with Crippen molar-refractivity contribution in [3.8, 4) is 0 Å². The van der Waals surface area contributed by atoms with Crippen LogP contribution in [0.25, 0.3) is 10.9 Å². The smallest absolute Gasteiger partial charge is 0.309 e. The fourth-order valence-electron chi connectivity index (χ4n) is 4.54. The fraction of sp³-hybridized carbons (Fsp3) is 0.0968. The Labute approximate surface area is 230 Å². The summed E-state index contributed by atoms with van der Waals surface area (Å²) in [6.45, 7) is 0. The minimum absolute atomic E-state index is 0.0775. The Balaban J connectivity index is 1.57. The highest BCUT2D eigenvalue weighted by atomic mass is 35.5. The number of nitrogens with one attached hydrogen (secondary N) is 2. The number of carbonyl (C=O) groups is 1. The van der Waals surface area contributed by atoms with Gasteiger partial charge in [-0.3, -0.25) is 9.59 Å². The number of carbonyl (C=O) groups excluding carboxylic acids is 1. The third-order valence-corrected chi connectivity index (χ3v) is 6.92. The third-order valence-electron chi connectivity index (χ3n) is 6.42. The summed E-state index contributed by atoms with van der Waals surface area (Å²) in [5.41, 5.74) is 6.03. The van der Waals surface area contributed by atoms with Crippen LogP contribution in [0.1, 0.15) is 28.2 Å². The Kier molecular flexibility index (Phi) is 7.50. The molecule has 7 heteroatoms. The second kappa shape index (κ2) is 11.1. The van der Waals surface area contributed by atoms with E-state index in [1.807, 2.05) is 84.9 Å². The van der Waals surface area contributed by atoms with E-state index >= 15 is 0 Å². The molecule has 0 bridgehead atoms. The second-order valence-corrected chi connectivity index (χ2v) is 9.84. The number of methoxy groups -OCH3 is 1. The van der Waals surface area contributed by atoms with Gasteiger partial charge in [0.1, 0.15) is 0 Å². The van der Waals surface area contributed by atoms with Crippen LogP contribution in [0.15, 0.2) is 102 Å². The molecule has 0 saturated heterocycles. The van der Waals surface area contributed by atoms with Crippen LogP contribution in [0.2, 0.25) is 10.0 Å². The number of pyridine rings is 1. The number of hydrogen-bond donors (Lipinski definition) is 2.